The predicted molar refractivity (Wildman–Crippen MR) is 101 cm³/mol. The maximum absolute atomic E-state index is 12.7. The highest BCUT2D eigenvalue weighted by molar-refractivity contribution is 8.16. The van der Waals surface area contributed by atoms with Gasteiger partial charge in [0.2, 0.25) is 5.91 Å². The van der Waals surface area contributed by atoms with Gasteiger partial charge < -0.3 is 0 Å². The van der Waals surface area contributed by atoms with E-state index in [1.54, 1.807) is 4.90 Å². The van der Waals surface area contributed by atoms with Gasteiger partial charge in [0.05, 0.1) is 10.1 Å². The van der Waals surface area contributed by atoms with Crippen LogP contribution in [0.5, 0.6) is 0 Å². The maximum Gasteiger partial charge on any atom is 0.284 e. The third kappa shape index (κ3) is 4.04. The SMILES string of the molecule is CC[C@H]1SC(=NS(=O)(=O)c2ccc(Cl)cc2)N(C2CCCCC2)C1=O. The van der Waals surface area contributed by atoms with Crippen molar-refractivity contribution in [1.82, 2.24) is 4.90 Å². The van der Waals surface area contributed by atoms with E-state index in [4.69, 9.17) is 11.6 Å². The lowest BCUT2D eigenvalue weighted by molar-refractivity contribution is -0.128. The van der Waals surface area contributed by atoms with E-state index in [2.05, 4.69) is 4.40 Å². The normalized spacial score (nSPS) is 24.2. The van der Waals surface area contributed by atoms with E-state index in [-0.39, 0.29) is 22.1 Å². The molecule has 1 saturated heterocycles. The number of benzene rings is 1. The maximum atomic E-state index is 12.7. The third-order valence-electron chi connectivity index (χ3n) is 4.59. The topological polar surface area (TPSA) is 66.8 Å². The second-order valence-corrected chi connectivity index (χ2v) is 9.53. The molecule has 0 unspecified atom stereocenters. The molecule has 8 heteroatoms. The Morgan fingerprint density at radius 2 is 1.84 bits per heavy atom. The molecule has 25 heavy (non-hydrogen) atoms. The molecule has 1 heterocycles. The van der Waals surface area contributed by atoms with Crippen molar-refractivity contribution in [2.45, 2.75) is 61.6 Å². The van der Waals surface area contributed by atoms with Gasteiger partial charge in [0.15, 0.2) is 5.17 Å². The van der Waals surface area contributed by atoms with E-state index in [0.29, 0.717) is 16.6 Å². The van der Waals surface area contributed by atoms with Crippen LogP contribution in [-0.2, 0) is 14.8 Å². The number of amidine groups is 1. The number of sulfonamides is 1. The number of carbonyl (C=O) groups is 1. The summed E-state index contributed by atoms with van der Waals surface area (Å²) in [5.41, 5.74) is 0. The first-order valence-corrected chi connectivity index (χ1v) is 11.2. The molecule has 1 aliphatic carbocycles. The van der Waals surface area contributed by atoms with Crippen LogP contribution in [0.1, 0.15) is 45.4 Å². The zero-order valence-corrected chi connectivity index (χ0v) is 16.4. The fraction of sp³-hybridized carbons (Fsp3) is 0.529. The van der Waals surface area contributed by atoms with Crippen molar-refractivity contribution in [1.29, 1.82) is 0 Å². The number of hydrogen-bond donors (Lipinski definition) is 0. The van der Waals surface area contributed by atoms with Crippen molar-refractivity contribution in [3.63, 3.8) is 0 Å². The molecule has 1 amide bonds. The monoisotopic (exact) mass is 400 g/mol. The number of nitrogens with zero attached hydrogens (tertiary/aromatic N) is 2. The first-order valence-electron chi connectivity index (χ1n) is 8.52. The first-order chi connectivity index (χ1) is 11.9. The van der Waals surface area contributed by atoms with Crippen molar-refractivity contribution < 1.29 is 13.2 Å². The smallest absolute Gasteiger partial charge is 0.284 e. The van der Waals surface area contributed by atoms with E-state index in [1.165, 1.54) is 42.4 Å². The van der Waals surface area contributed by atoms with E-state index in [9.17, 15) is 13.2 Å². The highest BCUT2D eigenvalue weighted by Crippen LogP contribution is 2.36. The average molecular weight is 401 g/mol. The van der Waals surface area contributed by atoms with Crippen LogP contribution >= 0.6 is 23.4 Å². The van der Waals surface area contributed by atoms with Crippen LogP contribution in [0.2, 0.25) is 5.02 Å². The molecule has 1 aliphatic heterocycles. The van der Waals surface area contributed by atoms with Crippen molar-refractivity contribution in [2.75, 3.05) is 0 Å². The van der Waals surface area contributed by atoms with Gasteiger partial charge in [-0.1, -0.05) is 49.5 Å². The van der Waals surface area contributed by atoms with Gasteiger partial charge in [-0.3, -0.25) is 9.69 Å². The number of halogens is 1. The molecular weight excluding hydrogens is 380 g/mol. The second kappa shape index (κ2) is 7.68. The molecular formula is C17H21ClN2O3S2. The molecule has 0 radical (unpaired) electrons. The molecule has 3 rings (SSSR count). The molecule has 1 aromatic carbocycles. The van der Waals surface area contributed by atoms with Crippen LogP contribution in [0.4, 0.5) is 0 Å². The summed E-state index contributed by atoms with van der Waals surface area (Å²) in [5.74, 6) is -0.00976. The fourth-order valence-corrected chi connectivity index (χ4v) is 5.70. The number of thioether (sulfide) groups is 1. The summed E-state index contributed by atoms with van der Waals surface area (Å²) in [7, 11) is -3.87. The highest BCUT2D eigenvalue weighted by Gasteiger charge is 2.42. The Kier molecular flexibility index (Phi) is 5.75. The Morgan fingerprint density at radius 1 is 1.20 bits per heavy atom. The van der Waals surface area contributed by atoms with Crippen LogP contribution in [0.15, 0.2) is 33.6 Å². The first kappa shape index (κ1) is 18.7. The van der Waals surface area contributed by atoms with Gasteiger partial charge in [-0.2, -0.15) is 8.42 Å². The lowest BCUT2D eigenvalue weighted by Gasteiger charge is -2.30. The highest BCUT2D eigenvalue weighted by atomic mass is 35.5. The van der Waals surface area contributed by atoms with Gasteiger partial charge in [0.1, 0.15) is 0 Å². The summed E-state index contributed by atoms with van der Waals surface area (Å²) < 4.78 is 29.3. The summed E-state index contributed by atoms with van der Waals surface area (Å²) in [6.45, 7) is 1.94. The Labute approximate surface area is 157 Å². The number of rotatable bonds is 4. The Morgan fingerprint density at radius 3 is 2.44 bits per heavy atom. The van der Waals surface area contributed by atoms with Gasteiger partial charge >= 0.3 is 0 Å². The lowest BCUT2D eigenvalue weighted by Crippen LogP contribution is -2.42. The second-order valence-electron chi connectivity index (χ2n) is 6.32. The fourth-order valence-electron chi connectivity index (χ4n) is 3.24. The molecule has 0 spiro atoms. The molecule has 2 aliphatic rings. The van der Waals surface area contributed by atoms with Crippen LogP contribution < -0.4 is 0 Å². The summed E-state index contributed by atoms with van der Waals surface area (Å²) in [5, 5.41) is 0.534. The zero-order valence-electron chi connectivity index (χ0n) is 14.0. The Balaban J connectivity index is 1.95. The van der Waals surface area contributed by atoms with Gasteiger partial charge in [0.25, 0.3) is 10.0 Å². The minimum atomic E-state index is -3.87. The largest absolute Gasteiger partial charge is 0.287 e. The molecule has 2 fully saturated rings. The number of amides is 1. The summed E-state index contributed by atoms with van der Waals surface area (Å²) >= 11 is 7.09. The van der Waals surface area contributed by atoms with E-state index in [1.807, 2.05) is 6.92 Å². The lowest BCUT2D eigenvalue weighted by atomic mass is 9.94. The van der Waals surface area contributed by atoms with Crippen LogP contribution in [0.3, 0.4) is 0 Å². The van der Waals surface area contributed by atoms with Crippen LogP contribution in [0, 0.1) is 0 Å². The molecule has 5 nitrogen and oxygen atoms in total. The van der Waals surface area contributed by atoms with Gasteiger partial charge in [-0.05, 0) is 43.5 Å². The summed E-state index contributed by atoms with van der Waals surface area (Å²) in [6, 6.07) is 5.98. The molecule has 0 N–H and O–H groups in total. The zero-order chi connectivity index (χ0) is 18.0. The van der Waals surface area contributed by atoms with Crippen molar-refractivity contribution in [3.05, 3.63) is 29.3 Å². The molecule has 1 saturated carbocycles. The van der Waals surface area contributed by atoms with E-state index < -0.39 is 10.0 Å². The molecule has 1 aromatic rings. The number of carbonyl (C=O) groups excluding carboxylic acids is 1. The van der Waals surface area contributed by atoms with Gasteiger partial charge in [-0.25, -0.2) is 0 Å². The minimum Gasteiger partial charge on any atom is -0.287 e. The van der Waals surface area contributed by atoms with Crippen molar-refractivity contribution >= 4 is 44.5 Å². The molecule has 0 aromatic heterocycles. The minimum absolute atomic E-state index is 0.00976. The Hall–Kier alpha value is -1.05. The van der Waals surface area contributed by atoms with Crippen LogP contribution in [0.25, 0.3) is 0 Å². The van der Waals surface area contributed by atoms with Crippen molar-refractivity contribution in [2.24, 2.45) is 4.40 Å². The van der Waals surface area contributed by atoms with Gasteiger partial charge in [0, 0.05) is 11.1 Å². The molecule has 0 bridgehead atoms. The molecule has 136 valence electrons. The van der Waals surface area contributed by atoms with E-state index in [0.717, 1.165) is 25.7 Å². The molecule has 1 atom stereocenters. The average Bonchev–Trinajstić information content (AvgIpc) is 2.90. The Bertz CT molecular complexity index is 772. The third-order valence-corrected chi connectivity index (χ3v) is 7.55. The van der Waals surface area contributed by atoms with Crippen molar-refractivity contribution in [3.8, 4) is 0 Å². The summed E-state index contributed by atoms with van der Waals surface area (Å²) in [4.78, 5) is 14.5. The standard InChI is InChI=1S/C17H21ClN2O3S2/c1-2-15-16(21)20(13-6-4-3-5-7-13)17(24-15)19-25(22,23)14-10-8-12(18)9-11-14/h8-11,13,15H,2-7H2,1H3/t15-/m1/s1. The number of hydrogen-bond acceptors (Lipinski definition) is 4. The van der Waals surface area contributed by atoms with Crippen LogP contribution in [-0.4, -0.2) is 35.7 Å². The van der Waals surface area contributed by atoms with Gasteiger partial charge in [-0.15, -0.1) is 4.40 Å². The summed E-state index contributed by atoms with van der Waals surface area (Å²) in [6.07, 6.45) is 5.76. The predicted octanol–water partition coefficient (Wildman–Crippen LogP) is 4.07. The quantitative estimate of drug-likeness (QED) is 0.763. The van der Waals surface area contributed by atoms with E-state index >= 15 is 0 Å².